The molecule has 0 radical (unpaired) electrons. The van der Waals surface area contributed by atoms with Crippen molar-refractivity contribution in [2.45, 2.75) is 26.7 Å². The molecule has 3 nitrogen and oxygen atoms in total. The summed E-state index contributed by atoms with van der Waals surface area (Å²) in [6.07, 6.45) is 0.431. The highest BCUT2D eigenvalue weighted by Crippen LogP contribution is 2.36. The van der Waals surface area contributed by atoms with Gasteiger partial charge in [0, 0.05) is 23.4 Å². The monoisotopic (exact) mass is 312 g/mol. The van der Waals surface area contributed by atoms with Crippen LogP contribution in [-0.4, -0.2) is 17.3 Å². The Bertz CT molecular complexity index is 585. The molecule has 1 aliphatic carbocycles. The molecule has 0 unspecified atom stereocenters. The molecule has 0 aliphatic heterocycles. The molecule has 1 aliphatic rings. The third-order valence-electron chi connectivity index (χ3n) is 3.41. The first-order valence-corrected chi connectivity index (χ1v) is 7.01. The highest BCUT2D eigenvalue weighted by Gasteiger charge is 2.43. The van der Waals surface area contributed by atoms with Crippen LogP contribution in [0.5, 0.6) is 0 Å². The van der Waals surface area contributed by atoms with Crippen LogP contribution in [0.25, 0.3) is 0 Å². The summed E-state index contributed by atoms with van der Waals surface area (Å²) in [6.45, 7) is 3.69. The largest absolute Gasteiger partial charge is 0.298 e. The molecule has 1 aromatic carbocycles. The van der Waals surface area contributed by atoms with Gasteiger partial charge in [0.2, 0.25) is 0 Å². The number of benzene rings is 1. The fraction of sp³-hybridized carbons (Fsp3) is 0.400. The van der Waals surface area contributed by atoms with Crippen LogP contribution in [0.3, 0.4) is 0 Å². The molecule has 5 heteroatoms. The van der Waals surface area contributed by atoms with Crippen LogP contribution in [0.4, 0.5) is 0 Å². The lowest BCUT2D eigenvalue weighted by molar-refractivity contribution is -0.137. The predicted molar refractivity (Wildman–Crippen MR) is 77.3 cm³/mol. The van der Waals surface area contributed by atoms with E-state index in [0.29, 0.717) is 5.02 Å². The van der Waals surface area contributed by atoms with Gasteiger partial charge in [-0.05, 0) is 23.6 Å². The molecule has 20 heavy (non-hydrogen) atoms. The Morgan fingerprint density at radius 2 is 1.70 bits per heavy atom. The summed E-state index contributed by atoms with van der Waals surface area (Å²) in [4.78, 5) is 36.6. The topological polar surface area (TPSA) is 51.2 Å². The fourth-order valence-electron chi connectivity index (χ4n) is 2.52. The zero-order valence-corrected chi connectivity index (χ0v) is 12.7. The molecular formula is C15H14Cl2O3. The maximum absolute atomic E-state index is 12.4. The predicted octanol–water partition coefficient (Wildman–Crippen LogP) is 3.75. The Morgan fingerprint density at radius 1 is 1.15 bits per heavy atom. The number of hydrogen-bond donors (Lipinski definition) is 0. The van der Waals surface area contributed by atoms with Gasteiger partial charge in [0.15, 0.2) is 17.3 Å². The van der Waals surface area contributed by atoms with Crippen LogP contribution in [-0.2, 0) is 9.59 Å². The van der Waals surface area contributed by atoms with E-state index in [0.717, 1.165) is 0 Å². The van der Waals surface area contributed by atoms with Gasteiger partial charge in [-0.2, -0.15) is 0 Å². The van der Waals surface area contributed by atoms with Crippen LogP contribution >= 0.6 is 23.2 Å². The van der Waals surface area contributed by atoms with Crippen molar-refractivity contribution in [1.29, 1.82) is 0 Å². The first-order chi connectivity index (χ1) is 9.21. The summed E-state index contributed by atoms with van der Waals surface area (Å²) >= 11 is 11.8. The number of carbonyl (C=O) groups is 3. The van der Waals surface area contributed by atoms with E-state index in [1.165, 1.54) is 12.1 Å². The minimum atomic E-state index is -1.24. The van der Waals surface area contributed by atoms with E-state index < -0.39 is 11.7 Å². The average Bonchev–Trinajstić information content (AvgIpc) is 2.29. The zero-order chi connectivity index (χ0) is 15.1. The maximum Gasteiger partial charge on any atom is 0.182 e. The fourth-order valence-corrected chi connectivity index (χ4v) is 2.91. The van der Waals surface area contributed by atoms with Gasteiger partial charge in [-0.25, -0.2) is 0 Å². The van der Waals surface area contributed by atoms with E-state index >= 15 is 0 Å². The second kappa shape index (κ2) is 5.30. The van der Waals surface area contributed by atoms with Crippen LogP contribution in [0.2, 0.25) is 10.0 Å². The summed E-state index contributed by atoms with van der Waals surface area (Å²) < 4.78 is 0. The minimum absolute atomic E-state index is 0.130. The van der Waals surface area contributed by atoms with Crippen LogP contribution in [0, 0.1) is 11.3 Å². The van der Waals surface area contributed by atoms with Crippen LogP contribution < -0.4 is 0 Å². The Labute approximate surface area is 127 Å². The van der Waals surface area contributed by atoms with E-state index in [2.05, 4.69) is 0 Å². The lowest BCUT2D eigenvalue weighted by Crippen LogP contribution is -2.41. The number of carbonyl (C=O) groups excluding carboxylic acids is 3. The van der Waals surface area contributed by atoms with Gasteiger partial charge < -0.3 is 0 Å². The standard InChI is InChI=1S/C15H14Cl2O3/c1-15(2)6-11(18)13(12(19)7-15)14(20)9-5-8(16)3-4-10(9)17/h3-5,13H,6-7H2,1-2H3. The van der Waals surface area contributed by atoms with Crippen molar-refractivity contribution < 1.29 is 14.4 Å². The molecular weight excluding hydrogens is 299 g/mol. The average molecular weight is 313 g/mol. The Morgan fingerprint density at radius 3 is 2.25 bits per heavy atom. The lowest BCUT2D eigenvalue weighted by atomic mass is 9.70. The van der Waals surface area contributed by atoms with Gasteiger partial charge in [-0.15, -0.1) is 0 Å². The Balaban J connectivity index is 2.36. The van der Waals surface area contributed by atoms with Crippen molar-refractivity contribution in [2.24, 2.45) is 11.3 Å². The molecule has 106 valence electrons. The van der Waals surface area contributed by atoms with Crippen molar-refractivity contribution in [3.05, 3.63) is 33.8 Å². The highest BCUT2D eigenvalue weighted by atomic mass is 35.5. The van der Waals surface area contributed by atoms with E-state index in [4.69, 9.17) is 23.2 Å². The van der Waals surface area contributed by atoms with Crippen molar-refractivity contribution in [3.8, 4) is 0 Å². The molecule has 0 heterocycles. The number of rotatable bonds is 2. The van der Waals surface area contributed by atoms with E-state index in [-0.39, 0.29) is 40.4 Å². The summed E-state index contributed by atoms with van der Waals surface area (Å²) in [7, 11) is 0. The molecule has 0 atom stereocenters. The molecule has 0 saturated heterocycles. The summed E-state index contributed by atoms with van der Waals surface area (Å²) in [5.74, 6) is -2.47. The molecule has 0 amide bonds. The Kier molecular flexibility index (Phi) is 4.03. The van der Waals surface area contributed by atoms with E-state index in [9.17, 15) is 14.4 Å². The maximum atomic E-state index is 12.4. The van der Waals surface area contributed by atoms with Gasteiger partial charge in [-0.1, -0.05) is 37.0 Å². The van der Waals surface area contributed by atoms with Gasteiger partial charge in [0.05, 0.1) is 5.02 Å². The first kappa shape index (κ1) is 15.2. The smallest absolute Gasteiger partial charge is 0.182 e. The van der Waals surface area contributed by atoms with E-state index in [1.807, 2.05) is 13.8 Å². The molecule has 0 bridgehead atoms. The number of Topliss-reactive ketones (excluding diaryl/α,β-unsaturated/α-hetero) is 3. The quantitative estimate of drug-likeness (QED) is 0.617. The Hall–Kier alpha value is -1.19. The van der Waals surface area contributed by atoms with Gasteiger partial charge >= 0.3 is 0 Å². The molecule has 0 N–H and O–H groups in total. The molecule has 1 saturated carbocycles. The van der Waals surface area contributed by atoms with Crippen molar-refractivity contribution in [1.82, 2.24) is 0 Å². The summed E-state index contributed by atoms with van der Waals surface area (Å²) in [5.41, 5.74) is -0.256. The lowest BCUT2D eigenvalue weighted by Gasteiger charge is -2.31. The summed E-state index contributed by atoms with van der Waals surface area (Å²) in [6, 6.07) is 4.43. The third-order valence-corrected chi connectivity index (χ3v) is 3.97. The molecule has 1 fully saturated rings. The van der Waals surface area contributed by atoms with Crippen LogP contribution in [0.15, 0.2) is 18.2 Å². The van der Waals surface area contributed by atoms with Gasteiger partial charge in [0.25, 0.3) is 0 Å². The third kappa shape index (κ3) is 2.94. The van der Waals surface area contributed by atoms with Crippen molar-refractivity contribution in [2.75, 3.05) is 0 Å². The minimum Gasteiger partial charge on any atom is -0.298 e. The SMILES string of the molecule is CC1(C)CC(=O)C(C(=O)c2cc(Cl)ccc2Cl)C(=O)C1. The van der Waals surface area contributed by atoms with Crippen LogP contribution in [0.1, 0.15) is 37.0 Å². The molecule has 1 aromatic rings. The van der Waals surface area contributed by atoms with Crippen molar-refractivity contribution >= 4 is 40.6 Å². The normalized spacial score (nSPS) is 19.2. The summed E-state index contributed by atoms with van der Waals surface area (Å²) in [5, 5.41) is 0.540. The number of ketones is 3. The molecule has 2 rings (SSSR count). The first-order valence-electron chi connectivity index (χ1n) is 6.26. The second-order valence-electron chi connectivity index (χ2n) is 5.87. The molecule has 0 aromatic heterocycles. The zero-order valence-electron chi connectivity index (χ0n) is 11.2. The van der Waals surface area contributed by atoms with E-state index in [1.54, 1.807) is 6.07 Å². The van der Waals surface area contributed by atoms with Gasteiger partial charge in [0.1, 0.15) is 5.92 Å². The second-order valence-corrected chi connectivity index (χ2v) is 6.72. The highest BCUT2D eigenvalue weighted by molar-refractivity contribution is 6.38. The van der Waals surface area contributed by atoms with Crippen molar-refractivity contribution in [3.63, 3.8) is 0 Å². The van der Waals surface area contributed by atoms with Gasteiger partial charge in [-0.3, -0.25) is 14.4 Å². The number of hydrogen-bond acceptors (Lipinski definition) is 3. The molecule has 0 spiro atoms. The number of halogens is 2.